The molecule has 0 aromatic heterocycles. The van der Waals surface area contributed by atoms with E-state index < -0.39 is 0 Å². The van der Waals surface area contributed by atoms with E-state index in [4.69, 9.17) is 20.9 Å². The Morgan fingerprint density at radius 2 is 1.55 bits per heavy atom. The molecule has 0 spiro atoms. The zero-order chi connectivity index (χ0) is 8.27. The van der Waals surface area contributed by atoms with Gasteiger partial charge in [-0.2, -0.15) is 0 Å². The maximum absolute atomic E-state index is 5.46. The molecule has 0 radical (unpaired) electrons. The van der Waals surface area contributed by atoms with Crippen molar-refractivity contribution < 1.29 is 9.47 Å². The van der Waals surface area contributed by atoms with E-state index in [9.17, 15) is 0 Å². The van der Waals surface area contributed by atoms with Crippen LogP contribution in [0.2, 0.25) is 0 Å². The highest BCUT2D eigenvalue weighted by atomic mass is 16.7. The summed E-state index contributed by atoms with van der Waals surface area (Å²) in [6, 6.07) is 0. The van der Waals surface area contributed by atoms with Crippen LogP contribution in [0.1, 0.15) is 13.3 Å². The monoisotopic (exact) mass is 160 g/mol. The van der Waals surface area contributed by atoms with E-state index >= 15 is 0 Å². The molecular weight excluding hydrogens is 144 g/mol. The van der Waals surface area contributed by atoms with Crippen molar-refractivity contribution in [3.63, 3.8) is 0 Å². The lowest BCUT2D eigenvalue weighted by molar-refractivity contribution is -0.0652. The van der Waals surface area contributed by atoms with Crippen LogP contribution < -0.4 is 11.5 Å². The molecule has 66 valence electrons. The van der Waals surface area contributed by atoms with Crippen LogP contribution >= 0.6 is 0 Å². The molecule has 1 saturated heterocycles. The van der Waals surface area contributed by atoms with Crippen LogP contribution in [0.4, 0.5) is 0 Å². The Balaban J connectivity index is 2.41. The molecule has 4 N–H and O–H groups in total. The molecular formula is C7H16N2O2. The molecule has 0 aromatic rings. The standard InChI is InChI=1S/C7H16N2O2/c1-2-7-10-5(3-8)6(4-9)11-7/h5-7H,2-4,8-9H2,1H3/t5-,6-/m1/s1. The molecule has 0 amide bonds. The summed E-state index contributed by atoms with van der Waals surface area (Å²) in [5, 5.41) is 0. The van der Waals surface area contributed by atoms with E-state index in [-0.39, 0.29) is 18.5 Å². The van der Waals surface area contributed by atoms with Crippen molar-refractivity contribution in [2.24, 2.45) is 11.5 Å². The summed E-state index contributed by atoms with van der Waals surface area (Å²) >= 11 is 0. The van der Waals surface area contributed by atoms with Crippen molar-refractivity contribution in [2.45, 2.75) is 31.8 Å². The first kappa shape index (κ1) is 8.93. The van der Waals surface area contributed by atoms with Crippen molar-refractivity contribution in [1.29, 1.82) is 0 Å². The van der Waals surface area contributed by atoms with E-state index in [1.165, 1.54) is 0 Å². The molecule has 1 heterocycles. The zero-order valence-corrected chi connectivity index (χ0v) is 6.82. The Kier molecular flexibility index (Phi) is 3.26. The Labute approximate surface area is 66.8 Å². The topological polar surface area (TPSA) is 70.5 Å². The van der Waals surface area contributed by atoms with Gasteiger partial charge in [-0.1, -0.05) is 6.92 Å². The van der Waals surface area contributed by atoms with Gasteiger partial charge in [0.05, 0.1) is 0 Å². The van der Waals surface area contributed by atoms with Crippen LogP contribution in [0.5, 0.6) is 0 Å². The van der Waals surface area contributed by atoms with Gasteiger partial charge >= 0.3 is 0 Å². The Bertz CT molecular complexity index is 109. The first-order valence-corrected chi connectivity index (χ1v) is 4.02. The van der Waals surface area contributed by atoms with Gasteiger partial charge in [-0.3, -0.25) is 0 Å². The Hall–Kier alpha value is -0.160. The fraction of sp³-hybridized carbons (Fsp3) is 1.00. The van der Waals surface area contributed by atoms with E-state index in [1.807, 2.05) is 6.92 Å². The van der Waals surface area contributed by atoms with Gasteiger partial charge < -0.3 is 20.9 Å². The SMILES string of the molecule is CCC1O[C@H](CN)[C@@H](CN)O1. The number of hydrogen-bond donors (Lipinski definition) is 2. The van der Waals surface area contributed by atoms with Crippen LogP contribution in [0.15, 0.2) is 0 Å². The second-order valence-electron chi connectivity index (χ2n) is 2.66. The fourth-order valence-electron chi connectivity index (χ4n) is 1.20. The number of ether oxygens (including phenoxy) is 2. The molecule has 4 heteroatoms. The molecule has 4 nitrogen and oxygen atoms in total. The molecule has 2 atom stereocenters. The molecule has 11 heavy (non-hydrogen) atoms. The minimum absolute atomic E-state index is 0.00931. The summed E-state index contributed by atoms with van der Waals surface area (Å²) in [5.74, 6) is 0. The minimum Gasteiger partial charge on any atom is -0.345 e. The van der Waals surface area contributed by atoms with Gasteiger partial charge in [-0.25, -0.2) is 0 Å². The fourth-order valence-corrected chi connectivity index (χ4v) is 1.20. The lowest BCUT2D eigenvalue weighted by atomic mass is 10.2. The average Bonchev–Trinajstić information content (AvgIpc) is 2.46. The number of rotatable bonds is 3. The maximum atomic E-state index is 5.46. The van der Waals surface area contributed by atoms with E-state index in [0.717, 1.165) is 6.42 Å². The normalized spacial score (nSPS) is 33.0. The molecule has 0 aromatic carbocycles. The molecule has 0 saturated carbocycles. The second-order valence-corrected chi connectivity index (χ2v) is 2.66. The van der Waals surface area contributed by atoms with Crippen molar-refractivity contribution in [1.82, 2.24) is 0 Å². The quantitative estimate of drug-likeness (QED) is 0.579. The van der Waals surface area contributed by atoms with Crippen LogP contribution in [0.25, 0.3) is 0 Å². The van der Waals surface area contributed by atoms with Crippen LogP contribution in [-0.4, -0.2) is 31.6 Å². The molecule has 1 fully saturated rings. The Morgan fingerprint density at radius 1 is 1.09 bits per heavy atom. The number of nitrogens with two attached hydrogens (primary N) is 2. The van der Waals surface area contributed by atoms with Gasteiger partial charge in [0, 0.05) is 13.1 Å². The van der Waals surface area contributed by atoms with Gasteiger partial charge in [-0.05, 0) is 6.42 Å². The third kappa shape index (κ3) is 1.90. The summed E-state index contributed by atoms with van der Waals surface area (Å²) in [7, 11) is 0. The van der Waals surface area contributed by atoms with Crippen molar-refractivity contribution in [3.8, 4) is 0 Å². The second kappa shape index (κ2) is 4.01. The van der Waals surface area contributed by atoms with Crippen molar-refractivity contribution >= 4 is 0 Å². The van der Waals surface area contributed by atoms with Crippen LogP contribution in [0, 0.1) is 0 Å². The van der Waals surface area contributed by atoms with Gasteiger partial charge in [0.25, 0.3) is 0 Å². The van der Waals surface area contributed by atoms with E-state index in [1.54, 1.807) is 0 Å². The van der Waals surface area contributed by atoms with Crippen LogP contribution in [0.3, 0.4) is 0 Å². The summed E-state index contributed by atoms with van der Waals surface area (Å²) < 4.78 is 10.9. The smallest absolute Gasteiger partial charge is 0.158 e. The van der Waals surface area contributed by atoms with Crippen molar-refractivity contribution in [3.05, 3.63) is 0 Å². The minimum atomic E-state index is -0.0999. The summed E-state index contributed by atoms with van der Waals surface area (Å²) in [5.41, 5.74) is 10.9. The summed E-state index contributed by atoms with van der Waals surface area (Å²) in [4.78, 5) is 0. The molecule has 0 unspecified atom stereocenters. The molecule has 1 rings (SSSR count). The van der Waals surface area contributed by atoms with Gasteiger partial charge in [0.1, 0.15) is 12.2 Å². The summed E-state index contributed by atoms with van der Waals surface area (Å²) in [6.07, 6.45) is 0.736. The molecule has 1 aliphatic heterocycles. The van der Waals surface area contributed by atoms with Crippen LogP contribution in [-0.2, 0) is 9.47 Å². The summed E-state index contributed by atoms with van der Waals surface area (Å²) in [6.45, 7) is 2.98. The van der Waals surface area contributed by atoms with E-state index in [2.05, 4.69) is 0 Å². The molecule has 1 aliphatic rings. The lowest BCUT2D eigenvalue weighted by Gasteiger charge is -2.11. The molecule has 0 aliphatic carbocycles. The molecule has 0 bridgehead atoms. The van der Waals surface area contributed by atoms with Gasteiger partial charge in [-0.15, -0.1) is 0 Å². The lowest BCUT2D eigenvalue weighted by Crippen LogP contribution is -2.35. The first-order valence-electron chi connectivity index (χ1n) is 4.02. The van der Waals surface area contributed by atoms with Gasteiger partial charge in [0.15, 0.2) is 6.29 Å². The third-order valence-electron chi connectivity index (χ3n) is 1.87. The highest BCUT2D eigenvalue weighted by Gasteiger charge is 2.32. The predicted octanol–water partition coefficient (Wildman–Crippen LogP) is -0.576. The Morgan fingerprint density at radius 3 is 1.82 bits per heavy atom. The highest BCUT2D eigenvalue weighted by molar-refractivity contribution is 4.78. The third-order valence-corrected chi connectivity index (χ3v) is 1.87. The predicted molar refractivity (Wildman–Crippen MR) is 41.9 cm³/mol. The highest BCUT2D eigenvalue weighted by Crippen LogP contribution is 2.19. The maximum Gasteiger partial charge on any atom is 0.158 e. The first-order chi connectivity index (χ1) is 5.31. The van der Waals surface area contributed by atoms with Crippen molar-refractivity contribution in [2.75, 3.05) is 13.1 Å². The zero-order valence-electron chi connectivity index (χ0n) is 6.82. The van der Waals surface area contributed by atoms with E-state index in [0.29, 0.717) is 13.1 Å². The van der Waals surface area contributed by atoms with Gasteiger partial charge in [0.2, 0.25) is 0 Å². The number of hydrogen-bond acceptors (Lipinski definition) is 4. The average molecular weight is 160 g/mol. The largest absolute Gasteiger partial charge is 0.345 e.